The minimum absolute atomic E-state index is 0.0382. The van der Waals surface area contributed by atoms with Gasteiger partial charge in [-0.15, -0.1) is 0 Å². The second kappa shape index (κ2) is 6.81. The maximum absolute atomic E-state index is 12.1. The number of fused-ring (bicyclic) bond motifs is 1. The second-order valence-corrected chi connectivity index (χ2v) is 6.18. The minimum Gasteiger partial charge on any atom is -0.469 e. The van der Waals surface area contributed by atoms with Crippen molar-refractivity contribution in [2.45, 2.75) is 26.7 Å². The van der Waals surface area contributed by atoms with Crippen LogP contribution in [-0.2, 0) is 25.5 Å². The molecule has 0 aromatic heterocycles. The van der Waals surface area contributed by atoms with Gasteiger partial charge in [0.2, 0.25) is 0 Å². The van der Waals surface area contributed by atoms with E-state index in [1.165, 1.54) is 12.0 Å². The van der Waals surface area contributed by atoms with E-state index in [0.29, 0.717) is 6.54 Å². The molecule has 1 amide bonds. The predicted molar refractivity (Wildman–Crippen MR) is 84.3 cm³/mol. The lowest BCUT2D eigenvalue weighted by Crippen LogP contribution is -2.33. The molecule has 0 aliphatic carbocycles. The highest BCUT2D eigenvalue weighted by atomic mass is 16.6. The lowest BCUT2D eigenvalue weighted by atomic mass is 9.87. The van der Waals surface area contributed by atoms with Crippen LogP contribution < -0.4 is 4.90 Å². The molecule has 1 aliphatic heterocycles. The summed E-state index contributed by atoms with van der Waals surface area (Å²) in [5.74, 6) is -0.785. The van der Waals surface area contributed by atoms with Crippen LogP contribution >= 0.6 is 0 Å². The van der Waals surface area contributed by atoms with Gasteiger partial charge in [0.1, 0.15) is 0 Å². The van der Waals surface area contributed by atoms with Crippen LogP contribution in [0.25, 0.3) is 0 Å². The van der Waals surface area contributed by atoms with E-state index in [9.17, 15) is 14.4 Å². The normalized spacial score (nSPS) is 13.4. The topological polar surface area (TPSA) is 72.9 Å². The van der Waals surface area contributed by atoms with Crippen LogP contribution in [-0.4, -0.2) is 38.1 Å². The van der Waals surface area contributed by atoms with E-state index in [4.69, 9.17) is 4.74 Å². The van der Waals surface area contributed by atoms with Crippen molar-refractivity contribution < 1.29 is 23.9 Å². The standard InChI is InChI=1S/C17H21NO5/c1-17(2,15(20)22-3)10-13(19)11-23-16(21)18-9-8-12-6-4-5-7-14(12)18/h4-7H,8-11H2,1-3H3. The number of amides is 1. The van der Waals surface area contributed by atoms with E-state index in [0.717, 1.165) is 17.7 Å². The molecule has 0 saturated heterocycles. The van der Waals surface area contributed by atoms with Crippen LogP contribution in [0.5, 0.6) is 0 Å². The van der Waals surface area contributed by atoms with Gasteiger partial charge < -0.3 is 9.47 Å². The Hall–Kier alpha value is -2.37. The zero-order valence-corrected chi connectivity index (χ0v) is 13.6. The maximum Gasteiger partial charge on any atom is 0.414 e. The number of nitrogens with zero attached hydrogens (tertiary/aromatic N) is 1. The average Bonchev–Trinajstić information content (AvgIpc) is 2.95. The summed E-state index contributed by atoms with van der Waals surface area (Å²) >= 11 is 0. The molecular weight excluding hydrogens is 298 g/mol. The Morgan fingerprint density at radius 3 is 2.61 bits per heavy atom. The Labute approximate surface area is 135 Å². The second-order valence-electron chi connectivity index (χ2n) is 6.18. The van der Waals surface area contributed by atoms with Crippen molar-refractivity contribution in [2.75, 3.05) is 25.2 Å². The SMILES string of the molecule is COC(=O)C(C)(C)CC(=O)COC(=O)N1CCc2ccccc21. The molecule has 0 N–H and O–H groups in total. The Balaban J connectivity index is 1.88. The number of rotatable bonds is 5. The van der Waals surface area contributed by atoms with E-state index in [1.54, 1.807) is 13.8 Å². The molecular formula is C17H21NO5. The van der Waals surface area contributed by atoms with Crippen LogP contribution in [0.15, 0.2) is 24.3 Å². The predicted octanol–water partition coefficient (Wildman–Crippen LogP) is 2.34. The van der Waals surface area contributed by atoms with Crippen molar-refractivity contribution in [3.05, 3.63) is 29.8 Å². The van der Waals surface area contributed by atoms with Gasteiger partial charge >= 0.3 is 12.1 Å². The molecule has 6 nitrogen and oxygen atoms in total. The van der Waals surface area contributed by atoms with Crippen LogP contribution in [0.1, 0.15) is 25.8 Å². The van der Waals surface area contributed by atoms with Gasteiger partial charge in [-0.25, -0.2) is 4.79 Å². The molecule has 0 fully saturated rings. The van der Waals surface area contributed by atoms with Crippen molar-refractivity contribution in [3.8, 4) is 0 Å². The third-order valence-electron chi connectivity index (χ3n) is 3.84. The maximum atomic E-state index is 12.1. The van der Waals surface area contributed by atoms with Gasteiger partial charge in [-0.1, -0.05) is 18.2 Å². The molecule has 6 heteroatoms. The first-order valence-corrected chi connectivity index (χ1v) is 7.47. The molecule has 124 valence electrons. The molecule has 2 rings (SSSR count). The average molecular weight is 319 g/mol. The zero-order valence-electron chi connectivity index (χ0n) is 13.6. The Bertz CT molecular complexity index is 623. The third-order valence-corrected chi connectivity index (χ3v) is 3.84. The number of carbonyl (C=O) groups excluding carboxylic acids is 3. The summed E-state index contributed by atoms with van der Waals surface area (Å²) in [6.07, 6.45) is 0.192. The summed E-state index contributed by atoms with van der Waals surface area (Å²) in [7, 11) is 1.28. The van der Waals surface area contributed by atoms with E-state index in [1.807, 2.05) is 24.3 Å². The number of ketones is 1. The number of methoxy groups -OCH3 is 1. The number of hydrogen-bond donors (Lipinski definition) is 0. The fourth-order valence-electron chi connectivity index (χ4n) is 2.64. The van der Waals surface area contributed by atoms with Gasteiger partial charge in [0.15, 0.2) is 12.4 Å². The summed E-state index contributed by atoms with van der Waals surface area (Å²) in [5, 5.41) is 0. The summed E-state index contributed by atoms with van der Waals surface area (Å²) in [6.45, 7) is 3.43. The number of carbonyl (C=O) groups is 3. The number of anilines is 1. The lowest BCUT2D eigenvalue weighted by Gasteiger charge is -2.21. The fourth-order valence-corrected chi connectivity index (χ4v) is 2.64. The molecule has 0 radical (unpaired) electrons. The van der Waals surface area contributed by atoms with Gasteiger partial charge in [0, 0.05) is 13.0 Å². The quantitative estimate of drug-likeness (QED) is 0.779. The highest BCUT2D eigenvalue weighted by Gasteiger charge is 2.32. The Morgan fingerprint density at radius 2 is 1.91 bits per heavy atom. The molecule has 0 unspecified atom stereocenters. The van der Waals surface area contributed by atoms with Crippen molar-refractivity contribution in [3.63, 3.8) is 0 Å². The molecule has 1 aromatic rings. The van der Waals surface area contributed by atoms with Gasteiger partial charge in [0.05, 0.1) is 18.2 Å². The smallest absolute Gasteiger partial charge is 0.414 e. The lowest BCUT2D eigenvalue weighted by molar-refractivity contribution is -0.153. The highest BCUT2D eigenvalue weighted by molar-refractivity contribution is 5.93. The van der Waals surface area contributed by atoms with Crippen LogP contribution in [0.2, 0.25) is 0 Å². The van der Waals surface area contributed by atoms with Crippen molar-refractivity contribution in [2.24, 2.45) is 5.41 Å². The highest BCUT2D eigenvalue weighted by Crippen LogP contribution is 2.28. The van der Waals surface area contributed by atoms with Gasteiger partial charge in [-0.3, -0.25) is 14.5 Å². The molecule has 0 saturated carbocycles. The molecule has 0 spiro atoms. The van der Waals surface area contributed by atoms with Gasteiger partial charge in [-0.2, -0.15) is 0 Å². The summed E-state index contributed by atoms with van der Waals surface area (Å²) in [5.41, 5.74) is 0.973. The Kier molecular flexibility index (Phi) is 5.03. The molecule has 1 heterocycles. The number of ether oxygens (including phenoxy) is 2. The minimum atomic E-state index is -0.932. The monoisotopic (exact) mass is 319 g/mol. The molecule has 0 bridgehead atoms. The number of hydrogen-bond acceptors (Lipinski definition) is 5. The first-order valence-electron chi connectivity index (χ1n) is 7.47. The number of Topliss-reactive ketones (excluding diaryl/α,β-unsaturated/α-hetero) is 1. The zero-order chi connectivity index (χ0) is 17.0. The van der Waals surface area contributed by atoms with E-state index < -0.39 is 17.5 Å². The fraction of sp³-hybridized carbons (Fsp3) is 0.471. The van der Waals surface area contributed by atoms with E-state index >= 15 is 0 Å². The van der Waals surface area contributed by atoms with Crippen LogP contribution in [0.3, 0.4) is 0 Å². The number of benzene rings is 1. The number of para-hydroxylation sites is 1. The van der Waals surface area contributed by atoms with Crippen molar-refractivity contribution >= 4 is 23.5 Å². The first kappa shape index (κ1) is 17.0. The van der Waals surface area contributed by atoms with Crippen molar-refractivity contribution in [1.82, 2.24) is 0 Å². The molecule has 23 heavy (non-hydrogen) atoms. The van der Waals surface area contributed by atoms with Gasteiger partial charge in [-0.05, 0) is 31.9 Å². The van der Waals surface area contributed by atoms with Gasteiger partial charge in [0.25, 0.3) is 0 Å². The summed E-state index contributed by atoms with van der Waals surface area (Å²) in [6, 6.07) is 7.60. The number of esters is 1. The van der Waals surface area contributed by atoms with Crippen molar-refractivity contribution in [1.29, 1.82) is 0 Å². The van der Waals surface area contributed by atoms with Crippen LogP contribution in [0.4, 0.5) is 10.5 Å². The largest absolute Gasteiger partial charge is 0.469 e. The van der Waals surface area contributed by atoms with Crippen LogP contribution in [0, 0.1) is 5.41 Å². The molecule has 1 aliphatic rings. The summed E-state index contributed by atoms with van der Waals surface area (Å²) in [4.78, 5) is 37.2. The molecule has 0 atom stereocenters. The summed E-state index contributed by atoms with van der Waals surface area (Å²) < 4.78 is 9.74. The van der Waals surface area contributed by atoms with E-state index in [2.05, 4.69) is 4.74 Å². The Morgan fingerprint density at radius 1 is 1.22 bits per heavy atom. The first-order chi connectivity index (χ1) is 10.8. The third kappa shape index (κ3) is 3.88. The van der Waals surface area contributed by atoms with E-state index in [-0.39, 0.29) is 18.8 Å². The molecule has 1 aromatic carbocycles.